The Kier molecular flexibility index (Phi) is 9.55. The molecule has 0 aromatic heterocycles. The Labute approximate surface area is 146 Å². The summed E-state index contributed by atoms with van der Waals surface area (Å²) in [5.41, 5.74) is 1.28. The first-order valence-electron chi connectivity index (χ1n) is 7.01. The zero-order valence-electron chi connectivity index (χ0n) is 12.5. The number of alkyl halides is 3. The molecule has 1 aromatic rings. The Balaban J connectivity index is 0.00000242. The Morgan fingerprint density at radius 3 is 2.43 bits per heavy atom. The van der Waals surface area contributed by atoms with E-state index in [-0.39, 0.29) is 37.3 Å². The summed E-state index contributed by atoms with van der Waals surface area (Å²) in [7, 11) is 0. The second-order valence-electron chi connectivity index (χ2n) is 5.19. The molecule has 1 aliphatic rings. The predicted molar refractivity (Wildman–Crippen MR) is 88.1 cm³/mol. The topological polar surface area (TPSA) is 39.1 Å². The first kappa shape index (κ1) is 22.0. The van der Waals surface area contributed by atoms with E-state index >= 15 is 0 Å². The fourth-order valence-electron chi connectivity index (χ4n) is 2.67. The summed E-state index contributed by atoms with van der Waals surface area (Å²) >= 11 is 0. The van der Waals surface area contributed by atoms with Gasteiger partial charge in [-0.2, -0.15) is 18.4 Å². The molecule has 130 valence electrons. The van der Waals surface area contributed by atoms with Gasteiger partial charge in [-0.3, -0.25) is 4.90 Å². The highest BCUT2D eigenvalue weighted by atomic mass is 35.5. The highest BCUT2D eigenvalue weighted by Crippen LogP contribution is 2.32. The molecule has 0 radical (unpaired) electrons. The Morgan fingerprint density at radius 1 is 1.22 bits per heavy atom. The molecule has 1 N–H and O–H groups in total. The fraction of sp³-hybridized carbons (Fsp3) is 0.533. The second kappa shape index (κ2) is 9.99. The lowest BCUT2D eigenvalue weighted by Crippen LogP contribution is -2.45. The van der Waals surface area contributed by atoms with Gasteiger partial charge in [0, 0.05) is 38.6 Å². The molecule has 1 fully saturated rings. The lowest BCUT2D eigenvalue weighted by Gasteiger charge is -2.35. The minimum absolute atomic E-state index is 0. The monoisotopic (exact) mass is 369 g/mol. The number of piperazine rings is 1. The van der Waals surface area contributed by atoms with Crippen LogP contribution in [0.4, 0.5) is 13.2 Å². The van der Waals surface area contributed by atoms with Crippen molar-refractivity contribution in [2.24, 2.45) is 0 Å². The van der Waals surface area contributed by atoms with Crippen LogP contribution in [0, 0.1) is 11.3 Å². The molecule has 3 nitrogen and oxygen atoms in total. The Hall–Kier alpha value is -1.00. The van der Waals surface area contributed by atoms with Crippen LogP contribution in [0.2, 0.25) is 0 Å². The van der Waals surface area contributed by atoms with Crippen molar-refractivity contribution in [3.63, 3.8) is 0 Å². The van der Waals surface area contributed by atoms with Crippen molar-refractivity contribution in [3.05, 3.63) is 35.4 Å². The van der Waals surface area contributed by atoms with Gasteiger partial charge in [-0.05, 0) is 24.1 Å². The molecule has 1 saturated heterocycles. The van der Waals surface area contributed by atoms with Gasteiger partial charge in [0.2, 0.25) is 0 Å². The van der Waals surface area contributed by atoms with Gasteiger partial charge in [0.25, 0.3) is 0 Å². The maximum absolute atomic E-state index is 12.6. The zero-order chi connectivity index (χ0) is 15.3. The molecule has 1 aromatic carbocycles. The summed E-state index contributed by atoms with van der Waals surface area (Å²) in [6, 6.07) is 8.66. The molecule has 0 aliphatic carbocycles. The summed E-state index contributed by atoms with van der Waals surface area (Å²) in [6.07, 6.45) is -4.93. The molecule has 0 saturated carbocycles. The smallest absolute Gasteiger partial charge is 0.314 e. The molecule has 23 heavy (non-hydrogen) atoms. The van der Waals surface area contributed by atoms with Gasteiger partial charge in [-0.1, -0.05) is 12.1 Å². The zero-order valence-corrected chi connectivity index (χ0v) is 14.1. The standard InChI is InChI=1S/C15H18F3N3.2ClH/c16-15(17,18)5-4-14(21-8-6-20-7-9-21)13-3-1-2-12(10-13)11-19;;/h1-3,10,14,20H,4-9H2;2*1H/t14-;;/m0../s1. The summed E-state index contributed by atoms with van der Waals surface area (Å²) in [6.45, 7) is 3.00. The quantitative estimate of drug-likeness (QED) is 0.879. The minimum Gasteiger partial charge on any atom is -0.314 e. The Bertz CT molecular complexity index is 511. The van der Waals surface area contributed by atoms with E-state index in [9.17, 15) is 13.2 Å². The van der Waals surface area contributed by atoms with Crippen LogP contribution in [0.5, 0.6) is 0 Å². The molecule has 2 rings (SSSR count). The molecular weight excluding hydrogens is 350 g/mol. The highest BCUT2D eigenvalue weighted by molar-refractivity contribution is 5.85. The lowest BCUT2D eigenvalue weighted by molar-refractivity contribution is -0.138. The number of nitrogens with zero attached hydrogens (tertiary/aromatic N) is 2. The van der Waals surface area contributed by atoms with Crippen molar-refractivity contribution in [3.8, 4) is 6.07 Å². The maximum Gasteiger partial charge on any atom is 0.389 e. The Morgan fingerprint density at radius 2 is 1.87 bits per heavy atom. The minimum atomic E-state index is -4.15. The normalized spacial score (nSPS) is 16.6. The van der Waals surface area contributed by atoms with Crippen LogP contribution in [0.1, 0.15) is 30.0 Å². The van der Waals surface area contributed by atoms with E-state index in [1.807, 2.05) is 12.1 Å². The van der Waals surface area contributed by atoms with E-state index in [2.05, 4.69) is 10.2 Å². The molecule has 1 atom stereocenters. The van der Waals surface area contributed by atoms with Gasteiger partial charge < -0.3 is 5.32 Å². The van der Waals surface area contributed by atoms with E-state index in [0.29, 0.717) is 5.56 Å². The fourth-order valence-corrected chi connectivity index (χ4v) is 2.67. The summed E-state index contributed by atoms with van der Waals surface area (Å²) in [5.74, 6) is 0. The van der Waals surface area contributed by atoms with Crippen molar-refractivity contribution in [2.75, 3.05) is 26.2 Å². The van der Waals surface area contributed by atoms with E-state index in [4.69, 9.17) is 5.26 Å². The average Bonchev–Trinajstić information content (AvgIpc) is 2.48. The molecule has 1 aliphatic heterocycles. The van der Waals surface area contributed by atoms with Crippen molar-refractivity contribution >= 4 is 24.8 Å². The average molecular weight is 370 g/mol. The van der Waals surface area contributed by atoms with Crippen LogP contribution in [-0.2, 0) is 0 Å². The summed E-state index contributed by atoms with van der Waals surface area (Å²) < 4.78 is 37.7. The first-order valence-corrected chi connectivity index (χ1v) is 7.01. The van der Waals surface area contributed by atoms with E-state index in [0.717, 1.165) is 31.7 Å². The van der Waals surface area contributed by atoms with E-state index in [1.54, 1.807) is 18.2 Å². The van der Waals surface area contributed by atoms with Crippen molar-refractivity contribution in [2.45, 2.75) is 25.1 Å². The predicted octanol–water partition coefficient (Wildman–Crippen LogP) is 3.69. The van der Waals surface area contributed by atoms with E-state index in [1.165, 1.54) is 0 Å². The number of nitriles is 1. The van der Waals surface area contributed by atoms with Gasteiger partial charge >= 0.3 is 6.18 Å². The lowest BCUT2D eigenvalue weighted by atomic mass is 9.97. The van der Waals surface area contributed by atoms with Gasteiger partial charge in [-0.25, -0.2) is 0 Å². The number of halogens is 5. The molecule has 8 heteroatoms. The molecule has 0 bridgehead atoms. The number of nitrogens with one attached hydrogen (secondary N) is 1. The maximum atomic E-state index is 12.6. The molecule has 0 amide bonds. The molecular formula is C15H20Cl2F3N3. The number of benzene rings is 1. The van der Waals surface area contributed by atoms with Crippen molar-refractivity contribution in [1.29, 1.82) is 5.26 Å². The van der Waals surface area contributed by atoms with Crippen LogP contribution < -0.4 is 5.32 Å². The first-order chi connectivity index (χ1) is 9.99. The van der Waals surface area contributed by atoms with Crippen LogP contribution in [0.25, 0.3) is 0 Å². The number of hydrogen-bond donors (Lipinski definition) is 1. The SMILES string of the molecule is Cl.Cl.N#Cc1cccc([C@H](CCC(F)(F)F)N2CCNCC2)c1. The van der Waals surface area contributed by atoms with Crippen molar-refractivity contribution in [1.82, 2.24) is 10.2 Å². The van der Waals surface area contributed by atoms with Crippen LogP contribution in [-0.4, -0.2) is 37.3 Å². The van der Waals surface area contributed by atoms with Gasteiger partial charge in [0.05, 0.1) is 11.6 Å². The molecule has 1 heterocycles. The van der Waals surface area contributed by atoms with Gasteiger partial charge in [0.1, 0.15) is 0 Å². The van der Waals surface area contributed by atoms with Crippen LogP contribution in [0.3, 0.4) is 0 Å². The van der Waals surface area contributed by atoms with E-state index < -0.39 is 12.6 Å². The molecule has 0 spiro atoms. The number of hydrogen-bond acceptors (Lipinski definition) is 3. The summed E-state index contributed by atoms with van der Waals surface area (Å²) in [5, 5.41) is 12.2. The van der Waals surface area contributed by atoms with Crippen LogP contribution in [0.15, 0.2) is 24.3 Å². The molecule has 0 unspecified atom stereocenters. The third-order valence-electron chi connectivity index (χ3n) is 3.69. The highest BCUT2D eigenvalue weighted by Gasteiger charge is 2.31. The second-order valence-corrected chi connectivity index (χ2v) is 5.19. The largest absolute Gasteiger partial charge is 0.389 e. The van der Waals surface area contributed by atoms with Crippen molar-refractivity contribution < 1.29 is 13.2 Å². The van der Waals surface area contributed by atoms with Gasteiger partial charge in [-0.15, -0.1) is 24.8 Å². The third kappa shape index (κ3) is 6.96. The number of rotatable bonds is 4. The third-order valence-corrected chi connectivity index (χ3v) is 3.69. The summed E-state index contributed by atoms with van der Waals surface area (Å²) in [4.78, 5) is 2.07. The van der Waals surface area contributed by atoms with Gasteiger partial charge in [0.15, 0.2) is 0 Å². The van der Waals surface area contributed by atoms with Crippen LogP contribution >= 0.6 is 24.8 Å².